The highest BCUT2D eigenvalue weighted by Gasteiger charge is 2.48. The lowest BCUT2D eigenvalue weighted by molar-refractivity contribution is -0.185. The first-order valence-electron chi connectivity index (χ1n) is 10.4. The van der Waals surface area contributed by atoms with Crippen LogP contribution in [-0.2, 0) is 21.7 Å². The average Bonchev–Trinajstić information content (AvgIpc) is 3.50. The number of carbonyl (C=O) groups is 1. The Morgan fingerprint density at radius 2 is 1.85 bits per heavy atom. The first-order chi connectivity index (χ1) is 16.1. The SMILES string of the molecule is O=C1OC(O)(c2ccc3c(c2)OCCCO3)C(Cc2ccsc2)=C1c1ccc2nsnc2c1. The van der Waals surface area contributed by atoms with E-state index in [1.165, 1.54) is 0 Å². The van der Waals surface area contributed by atoms with Crippen molar-refractivity contribution in [1.82, 2.24) is 8.75 Å². The van der Waals surface area contributed by atoms with Crippen LogP contribution in [0.1, 0.15) is 23.1 Å². The number of aromatic nitrogens is 2. The molecule has 0 aliphatic carbocycles. The Morgan fingerprint density at radius 1 is 1.00 bits per heavy atom. The van der Waals surface area contributed by atoms with Gasteiger partial charge in [0.1, 0.15) is 11.0 Å². The van der Waals surface area contributed by atoms with E-state index in [4.69, 9.17) is 14.2 Å². The van der Waals surface area contributed by atoms with E-state index in [1.807, 2.05) is 35.0 Å². The molecule has 0 bridgehead atoms. The van der Waals surface area contributed by atoms with Gasteiger partial charge in [-0.1, -0.05) is 6.07 Å². The lowest BCUT2D eigenvalue weighted by Gasteiger charge is -2.26. The predicted octanol–water partition coefficient (Wildman–Crippen LogP) is 4.31. The molecule has 9 heteroatoms. The summed E-state index contributed by atoms with van der Waals surface area (Å²) in [5.41, 5.74) is 4.29. The maximum atomic E-state index is 13.2. The molecule has 6 rings (SSSR count). The molecular weight excluding hydrogens is 460 g/mol. The van der Waals surface area contributed by atoms with Crippen molar-refractivity contribution >= 4 is 45.6 Å². The van der Waals surface area contributed by atoms with E-state index in [1.54, 1.807) is 29.5 Å². The molecule has 1 N–H and O–H groups in total. The van der Waals surface area contributed by atoms with Crippen molar-refractivity contribution in [3.63, 3.8) is 0 Å². The Labute approximate surface area is 197 Å². The number of nitrogens with zero attached hydrogens (tertiary/aromatic N) is 2. The molecule has 1 atom stereocenters. The van der Waals surface area contributed by atoms with Gasteiger partial charge >= 0.3 is 5.97 Å². The molecule has 0 spiro atoms. The zero-order valence-electron chi connectivity index (χ0n) is 17.3. The molecule has 0 radical (unpaired) electrons. The van der Waals surface area contributed by atoms with Crippen LogP contribution in [0.25, 0.3) is 16.6 Å². The lowest BCUT2D eigenvalue weighted by Crippen LogP contribution is -2.29. The lowest BCUT2D eigenvalue weighted by atomic mass is 9.88. The number of thiophene rings is 1. The number of hydrogen-bond donors (Lipinski definition) is 1. The molecule has 2 aromatic carbocycles. The summed E-state index contributed by atoms with van der Waals surface area (Å²) < 4.78 is 25.7. The molecule has 2 aliphatic heterocycles. The van der Waals surface area contributed by atoms with Gasteiger partial charge in [-0.3, -0.25) is 0 Å². The minimum absolute atomic E-state index is 0.339. The number of rotatable bonds is 4. The van der Waals surface area contributed by atoms with Crippen LogP contribution in [0.15, 0.2) is 58.8 Å². The molecule has 33 heavy (non-hydrogen) atoms. The van der Waals surface area contributed by atoms with Crippen molar-refractivity contribution in [2.24, 2.45) is 0 Å². The minimum Gasteiger partial charge on any atom is -0.490 e. The normalized spacial score (nSPS) is 20.2. The Kier molecular flexibility index (Phi) is 4.90. The van der Waals surface area contributed by atoms with Gasteiger partial charge in [0, 0.05) is 24.0 Å². The third-order valence-electron chi connectivity index (χ3n) is 5.80. The number of ether oxygens (including phenoxy) is 3. The highest BCUT2D eigenvalue weighted by Crippen LogP contribution is 2.46. The van der Waals surface area contributed by atoms with E-state index in [9.17, 15) is 9.90 Å². The van der Waals surface area contributed by atoms with Gasteiger partial charge < -0.3 is 19.3 Å². The summed E-state index contributed by atoms with van der Waals surface area (Å²) in [6.45, 7) is 1.08. The largest absolute Gasteiger partial charge is 0.490 e. The molecule has 0 amide bonds. The van der Waals surface area contributed by atoms with Gasteiger partial charge in [0.2, 0.25) is 0 Å². The molecule has 2 aromatic heterocycles. The van der Waals surface area contributed by atoms with Crippen LogP contribution in [0.5, 0.6) is 11.5 Å². The molecule has 2 aliphatic rings. The standard InChI is InChI=1S/C24H18N2O5S2/c27-23-22(15-2-4-18-19(11-15)26-33-25-18)17(10-14-6-9-32-13-14)24(28,31-23)16-3-5-20-21(12-16)30-8-1-7-29-20/h2-6,9,11-13,28H,1,7-8,10H2. The fraction of sp³-hybridized carbons (Fsp3) is 0.208. The van der Waals surface area contributed by atoms with Crippen molar-refractivity contribution in [3.8, 4) is 11.5 Å². The number of benzene rings is 2. The summed E-state index contributed by atoms with van der Waals surface area (Å²) >= 11 is 2.67. The summed E-state index contributed by atoms with van der Waals surface area (Å²) in [7, 11) is 0. The molecule has 7 nitrogen and oxygen atoms in total. The number of aliphatic hydroxyl groups is 1. The maximum absolute atomic E-state index is 13.2. The van der Waals surface area contributed by atoms with Gasteiger partial charge in [0.25, 0.3) is 5.79 Å². The molecule has 0 fully saturated rings. The first kappa shape index (κ1) is 20.3. The topological polar surface area (TPSA) is 90.8 Å². The molecular formula is C24H18N2O5S2. The van der Waals surface area contributed by atoms with Gasteiger partial charge in [0.05, 0.1) is 30.5 Å². The quantitative estimate of drug-likeness (QED) is 0.437. The Balaban J connectivity index is 1.52. The second kappa shape index (κ2) is 7.95. The van der Waals surface area contributed by atoms with Crippen molar-refractivity contribution in [2.45, 2.75) is 18.6 Å². The number of esters is 1. The molecule has 4 heterocycles. The average molecular weight is 479 g/mol. The summed E-state index contributed by atoms with van der Waals surface area (Å²) in [5, 5.41) is 15.8. The number of hydrogen-bond acceptors (Lipinski definition) is 9. The van der Waals surface area contributed by atoms with Gasteiger partial charge in [-0.05, 0) is 58.3 Å². The zero-order chi connectivity index (χ0) is 22.4. The van der Waals surface area contributed by atoms with Crippen molar-refractivity contribution in [3.05, 3.63) is 75.5 Å². The fourth-order valence-electron chi connectivity index (χ4n) is 4.18. The first-order valence-corrected chi connectivity index (χ1v) is 12.1. The van der Waals surface area contributed by atoms with E-state index < -0.39 is 11.8 Å². The van der Waals surface area contributed by atoms with E-state index >= 15 is 0 Å². The van der Waals surface area contributed by atoms with Gasteiger partial charge in [-0.15, -0.1) is 0 Å². The zero-order valence-corrected chi connectivity index (χ0v) is 18.9. The van der Waals surface area contributed by atoms with Crippen LogP contribution in [0.2, 0.25) is 0 Å². The highest BCUT2D eigenvalue weighted by atomic mass is 32.1. The number of carbonyl (C=O) groups excluding carboxylic acids is 1. The molecule has 166 valence electrons. The molecule has 0 saturated carbocycles. The fourth-order valence-corrected chi connectivity index (χ4v) is 5.37. The third kappa shape index (κ3) is 3.49. The third-order valence-corrected chi connectivity index (χ3v) is 7.09. The smallest absolute Gasteiger partial charge is 0.342 e. The molecule has 0 saturated heterocycles. The second-order valence-corrected chi connectivity index (χ2v) is 9.18. The van der Waals surface area contributed by atoms with E-state index in [0.29, 0.717) is 58.9 Å². The Bertz CT molecular complexity index is 1400. The summed E-state index contributed by atoms with van der Waals surface area (Å²) in [4.78, 5) is 13.2. The molecule has 4 aromatic rings. The second-order valence-electron chi connectivity index (χ2n) is 7.88. The maximum Gasteiger partial charge on any atom is 0.342 e. The van der Waals surface area contributed by atoms with E-state index in [2.05, 4.69) is 8.75 Å². The van der Waals surface area contributed by atoms with E-state index in [0.717, 1.165) is 29.2 Å². The Hall–Kier alpha value is -3.27. The summed E-state index contributed by atoms with van der Waals surface area (Å²) in [5.74, 6) is -1.40. The number of fused-ring (bicyclic) bond motifs is 2. The van der Waals surface area contributed by atoms with Crippen LogP contribution in [-0.4, -0.2) is 33.0 Å². The van der Waals surface area contributed by atoms with Crippen LogP contribution >= 0.6 is 23.1 Å². The minimum atomic E-state index is -1.94. The number of cyclic esters (lactones) is 1. The van der Waals surface area contributed by atoms with Crippen molar-refractivity contribution < 1.29 is 24.1 Å². The predicted molar refractivity (Wildman–Crippen MR) is 124 cm³/mol. The van der Waals surface area contributed by atoms with Gasteiger partial charge in [-0.2, -0.15) is 20.1 Å². The van der Waals surface area contributed by atoms with E-state index in [-0.39, 0.29) is 0 Å². The summed E-state index contributed by atoms with van der Waals surface area (Å²) in [6, 6.07) is 12.6. The van der Waals surface area contributed by atoms with Crippen LogP contribution < -0.4 is 9.47 Å². The van der Waals surface area contributed by atoms with Crippen molar-refractivity contribution in [1.29, 1.82) is 0 Å². The monoisotopic (exact) mass is 478 g/mol. The van der Waals surface area contributed by atoms with Crippen LogP contribution in [0.3, 0.4) is 0 Å². The highest BCUT2D eigenvalue weighted by molar-refractivity contribution is 7.08. The molecule has 1 unspecified atom stereocenters. The Morgan fingerprint density at radius 3 is 2.70 bits per heavy atom. The van der Waals surface area contributed by atoms with Crippen LogP contribution in [0.4, 0.5) is 0 Å². The van der Waals surface area contributed by atoms with Crippen molar-refractivity contribution in [2.75, 3.05) is 13.2 Å². The van der Waals surface area contributed by atoms with Gasteiger partial charge in [-0.25, -0.2) is 4.79 Å². The van der Waals surface area contributed by atoms with Gasteiger partial charge in [0.15, 0.2) is 11.5 Å². The summed E-state index contributed by atoms with van der Waals surface area (Å²) in [6.07, 6.45) is 1.12. The van der Waals surface area contributed by atoms with Crippen LogP contribution in [0, 0.1) is 0 Å².